The van der Waals surface area contributed by atoms with Crippen molar-refractivity contribution in [3.63, 3.8) is 0 Å². The Morgan fingerprint density at radius 1 is 1.00 bits per heavy atom. The largest absolute Gasteiger partial charge is 0.497 e. The SMILES string of the molecule is COc1ccc(CCN2CCN(C(=O)CCc3c(C)nc4c(c(OC)nn4C)c3C)CC2)cc1. The van der Waals surface area contributed by atoms with Crippen LogP contribution in [0.4, 0.5) is 0 Å². The van der Waals surface area contributed by atoms with E-state index in [-0.39, 0.29) is 5.91 Å². The highest BCUT2D eigenvalue weighted by Crippen LogP contribution is 2.30. The van der Waals surface area contributed by atoms with E-state index in [2.05, 4.69) is 29.1 Å². The molecule has 3 heterocycles. The maximum Gasteiger partial charge on any atom is 0.242 e. The van der Waals surface area contributed by atoms with Gasteiger partial charge in [0, 0.05) is 51.9 Å². The molecule has 2 aromatic heterocycles. The Labute approximate surface area is 201 Å². The lowest BCUT2D eigenvalue weighted by Crippen LogP contribution is -2.49. The standard InChI is InChI=1S/C26H35N5O3/c1-18-22(19(2)27-25-24(18)26(34-5)28-29(25)3)10-11-23(32)31-16-14-30(15-17-31)13-12-20-6-8-21(33-4)9-7-20/h6-9H,10-17H2,1-5H3. The Hall–Kier alpha value is -3.13. The molecular formula is C26H35N5O3. The fraction of sp³-hybridized carbons (Fsp3) is 0.500. The molecule has 4 rings (SSSR count). The first-order valence-corrected chi connectivity index (χ1v) is 11.9. The van der Waals surface area contributed by atoms with Crippen molar-refractivity contribution in [2.24, 2.45) is 7.05 Å². The normalized spacial score (nSPS) is 14.6. The average Bonchev–Trinajstić information content (AvgIpc) is 3.18. The molecule has 1 aromatic carbocycles. The monoisotopic (exact) mass is 465 g/mol. The number of hydrogen-bond donors (Lipinski definition) is 0. The van der Waals surface area contributed by atoms with Crippen molar-refractivity contribution in [2.45, 2.75) is 33.1 Å². The lowest BCUT2D eigenvalue weighted by Gasteiger charge is -2.35. The van der Waals surface area contributed by atoms with Crippen LogP contribution in [0.2, 0.25) is 0 Å². The Balaban J connectivity index is 1.30. The van der Waals surface area contributed by atoms with Gasteiger partial charge in [-0.1, -0.05) is 12.1 Å². The van der Waals surface area contributed by atoms with Crippen LogP contribution >= 0.6 is 0 Å². The van der Waals surface area contributed by atoms with Crippen molar-refractivity contribution in [1.29, 1.82) is 0 Å². The van der Waals surface area contributed by atoms with Crippen LogP contribution in [0, 0.1) is 13.8 Å². The molecule has 0 aliphatic carbocycles. The number of fused-ring (bicyclic) bond motifs is 1. The topological polar surface area (TPSA) is 72.7 Å². The van der Waals surface area contributed by atoms with Gasteiger partial charge in [-0.25, -0.2) is 9.67 Å². The molecule has 0 N–H and O–H groups in total. The van der Waals surface area contributed by atoms with Gasteiger partial charge in [0.05, 0.1) is 19.6 Å². The number of benzene rings is 1. The third kappa shape index (κ3) is 5.01. The molecule has 1 saturated heterocycles. The minimum absolute atomic E-state index is 0.215. The molecule has 1 amide bonds. The number of aryl methyl sites for hydroxylation is 3. The number of methoxy groups -OCH3 is 2. The molecule has 8 heteroatoms. The first kappa shape index (κ1) is 24.0. The molecule has 8 nitrogen and oxygen atoms in total. The summed E-state index contributed by atoms with van der Waals surface area (Å²) in [5, 5.41) is 5.35. The summed E-state index contributed by atoms with van der Waals surface area (Å²) >= 11 is 0. The number of aromatic nitrogens is 3. The van der Waals surface area contributed by atoms with Gasteiger partial charge in [0.25, 0.3) is 0 Å². The Morgan fingerprint density at radius 3 is 2.35 bits per heavy atom. The number of nitrogens with zero attached hydrogens (tertiary/aromatic N) is 5. The highest BCUT2D eigenvalue weighted by molar-refractivity contribution is 5.86. The van der Waals surface area contributed by atoms with Crippen LogP contribution in [0.25, 0.3) is 11.0 Å². The number of carbonyl (C=O) groups is 1. The number of carbonyl (C=O) groups excluding carboxylic acids is 1. The second-order valence-electron chi connectivity index (χ2n) is 8.95. The van der Waals surface area contributed by atoms with Crippen LogP contribution in [0.3, 0.4) is 0 Å². The van der Waals surface area contributed by atoms with Crippen molar-refractivity contribution in [2.75, 3.05) is 46.9 Å². The number of pyridine rings is 1. The van der Waals surface area contributed by atoms with Gasteiger partial charge in [-0.2, -0.15) is 0 Å². The zero-order chi connectivity index (χ0) is 24.2. The van der Waals surface area contributed by atoms with Gasteiger partial charge in [-0.15, -0.1) is 5.10 Å². The fourth-order valence-corrected chi connectivity index (χ4v) is 4.80. The lowest BCUT2D eigenvalue weighted by atomic mass is 10.00. The first-order chi connectivity index (χ1) is 16.4. The van der Waals surface area contributed by atoms with Crippen LogP contribution in [-0.2, 0) is 24.7 Å². The van der Waals surface area contributed by atoms with Crippen LogP contribution in [0.15, 0.2) is 24.3 Å². The molecule has 0 radical (unpaired) electrons. The van der Waals surface area contributed by atoms with Gasteiger partial charge in [-0.3, -0.25) is 9.69 Å². The van der Waals surface area contributed by atoms with Crippen molar-refractivity contribution >= 4 is 16.9 Å². The maximum absolute atomic E-state index is 13.0. The summed E-state index contributed by atoms with van der Waals surface area (Å²) in [5.41, 5.74) is 5.29. The second kappa shape index (κ2) is 10.4. The summed E-state index contributed by atoms with van der Waals surface area (Å²) in [7, 11) is 5.18. The van der Waals surface area contributed by atoms with Crippen molar-refractivity contribution < 1.29 is 14.3 Å². The number of rotatable bonds is 8. The van der Waals surface area contributed by atoms with Gasteiger partial charge < -0.3 is 14.4 Å². The van der Waals surface area contributed by atoms with E-state index in [1.807, 2.05) is 31.0 Å². The molecule has 0 spiro atoms. The molecule has 0 saturated carbocycles. The van der Waals surface area contributed by atoms with E-state index < -0.39 is 0 Å². The molecule has 1 aliphatic heterocycles. The Bertz CT molecular complexity index is 1150. The van der Waals surface area contributed by atoms with E-state index in [9.17, 15) is 4.79 Å². The molecule has 0 bridgehead atoms. The third-order valence-corrected chi connectivity index (χ3v) is 6.91. The molecule has 0 unspecified atom stereocenters. The van der Waals surface area contributed by atoms with E-state index >= 15 is 0 Å². The van der Waals surface area contributed by atoms with Gasteiger partial charge in [0.1, 0.15) is 5.75 Å². The van der Waals surface area contributed by atoms with E-state index in [1.54, 1.807) is 18.9 Å². The number of ether oxygens (including phenoxy) is 2. The van der Waals surface area contributed by atoms with E-state index in [1.165, 1.54) is 5.56 Å². The summed E-state index contributed by atoms with van der Waals surface area (Å²) in [4.78, 5) is 22.2. The zero-order valence-corrected chi connectivity index (χ0v) is 20.9. The van der Waals surface area contributed by atoms with Crippen molar-refractivity contribution in [1.82, 2.24) is 24.6 Å². The first-order valence-electron chi connectivity index (χ1n) is 11.9. The molecular weight excluding hydrogens is 430 g/mol. The highest BCUT2D eigenvalue weighted by atomic mass is 16.5. The Kier molecular flexibility index (Phi) is 7.36. The van der Waals surface area contributed by atoms with Gasteiger partial charge >= 0.3 is 0 Å². The van der Waals surface area contributed by atoms with Crippen LogP contribution in [0.5, 0.6) is 11.6 Å². The minimum atomic E-state index is 0.215. The zero-order valence-electron chi connectivity index (χ0n) is 20.9. The van der Waals surface area contributed by atoms with Crippen LogP contribution in [-0.4, -0.2) is 77.4 Å². The highest BCUT2D eigenvalue weighted by Gasteiger charge is 2.23. The van der Waals surface area contributed by atoms with Gasteiger partial charge in [-0.05, 0) is 55.5 Å². The van der Waals surface area contributed by atoms with Gasteiger partial charge in [0.2, 0.25) is 11.8 Å². The van der Waals surface area contributed by atoms with E-state index in [0.29, 0.717) is 18.7 Å². The van der Waals surface area contributed by atoms with Gasteiger partial charge in [0.15, 0.2) is 5.65 Å². The van der Waals surface area contributed by atoms with E-state index in [4.69, 9.17) is 14.5 Å². The minimum Gasteiger partial charge on any atom is -0.497 e. The quantitative estimate of drug-likeness (QED) is 0.509. The molecule has 3 aromatic rings. The predicted octanol–water partition coefficient (Wildman–Crippen LogP) is 2.92. The van der Waals surface area contributed by atoms with Crippen LogP contribution in [0.1, 0.15) is 28.8 Å². The average molecular weight is 466 g/mol. The number of piperazine rings is 1. The number of hydrogen-bond acceptors (Lipinski definition) is 6. The van der Waals surface area contributed by atoms with Crippen LogP contribution < -0.4 is 9.47 Å². The van der Waals surface area contributed by atoms with Crippen molar-refractivity contribution in [3.05, 3.63) is 46.6 Å². The maximum atomic E-state index is 13.0. The summed E-state index contributed by atoms with van der Waals surface area (Å²) in [6.45, 7) is 8.49. The summed E-state index contributed by atoms with van der Waals surface area (Å²) in [5.74, 6) is 1.68. The molecule has 1 aliphatic rings. The summed E-state index contributed by atoms with van der Waals surface area (Å²) < 4.78 is 12.4. The molecule has 182 valence electrons. The third-order valence-electron chi connectivity index (χ3n) is 6.91. The molecule has 34 heavy (non-hydrogen) atoms. The second-order valence-corrected chi connectivity index (χ2v) is 8.95. The van der Waals surface area contributed by atoms with E-state index in [0.717, 1.165) is 72.7 Å². The lowest BCUT2D eigenvalue weighted by molar-refractivity contribution is -0.132. The number of amides is 1. The fourth-order valence-electron chi connectivity index (χ4n) is 4.80. The summed E-state index contributed by atoms with van der Waals surface area (Å²) in [6.07, 6.45) is 2.17. The molecule has 0 atom stereocenters. The summed E-state index contributed by atoms with van der Waals surface area (Å²) in [6, 6.07) is 8.26. The predicted molar refractivity (Wildman–Crippen MR) is 133 cm³/mol. The van der Waals surface area contributed by atoms with Crippen molar-refractivity contribution in [3.8, 4) is 11.6 Å². The Morgan fingerprint density at radius 2 is 1.71 bits per heavy atom. The molecule has 1 fully saturated rings. The smallest absolute Gasteiger partial charge is 0.242 e.